The zero-order valence-electron chi connectivity index (χ0n) is 11.9. The lowest BCUT2D eigenvalue weighted by Gasteiger charge is -2.22. The fourth-order valence-electron chi connectivity index (χ4n) is 2.22. The number of methoxy groups -OCH3 is 1. The highest BCUT2D eigenvalue weighted by atomic mass is 16.5. The normalized spacial score (nSPS) is 14.5. The van der Waals surface area contributed by atoms with Gasteiger partial charge in [0.05, 0.1) is 12.1 Å². The van der Waals surface area contributed by atoms with E-state index in [2.05, 4.69) is 48.4 Å². The van der Waals surface area contributed by atoms with Gasteiger partial charge in [-0.3, -0.25) is 4.98 Å². The quantitative estimate of drug-likeness (QED) is 0.809. The number of rotatable bonds is 6. The number of nitrogens with zero attached hydrogens (tertiary/aromatic N) is 1. The predicted molar refractivity (Wildman–Crippen MR) is 79.5 cm³/mol. The lowest BCUT2D eigenvalue weighted by Crippen LogP contribution is -2.33. The summed E-state index contributed by atoms with van der Waals surface area (Å²) < 4.78 is 5.06. The molecule has 2 atom stereocenters. The molecule has 3 nitrogen and oxygen atoms in total. The molecule has 0 aliphatic carbocycles. The molecular formula is C16H22N2O. The van der Waals surface area contributed by atoms with Gasteiger partial charge in [-0.1, -0.05) is 25.1 Å². The largest absolute Gasteiger partial charge is 0.383 e. The maximum Gasteiger partial charge on any atom is 0.0704 e. The lowest BCUT2D eigenvalue weighted by atomic mass is 9.93. The summed E-state index contributed by atoms with van der Waals surface area (Å²) in [5.74, 6) is 0.447. The van der Waals surface area contributed by atoms with E-state index in [0.29, 0.717) is 12.0 Å². The van der Waals surface area contributed by atoms with Crippen molar-refractivity contribution in [1.82, 2.24) is 10.3 Å². The topological polar surface area (TPSA) is 34.1 Å². The third-order valence-electron chi connectivity index (χ3n) is 3.68. The maximum absolute atomic E-state index is 5.06. The van der Waals surface area contributed by atoms with Crippen LogP contribution < -0.4 is 5.32 Å². The molecule has 0 saturated heterocycles. The van der Waals surface area contributed by atoms with Crippen LogP contribution in [0, 0.1) is 0 Å². The van der Waals surface area contributed by atoms with Crippen molar-refractivity contribution in [3.05, 3.63) is 42.1 Å². The van der Waals surface area contributed by atoms with E-state index in [0.717, 1.165) is 18.7 Å². The highest BCUT2D eigenvalue weighted by Crippen LogP contribution is 2.22. The van der Waals surface area contributed by atoms with Crippen LogP contribution in [-0.2, 0) is 4.74 Å². The molecule has 0 aliphatic rings. The summed E-state index contributed by atoms with van der Waals surface area (Å²) in [6.07, 6.45) is 1.84. The minimum absolute atomic E-state index is 0.413. The molecular weight excluding hydrogens is 236 g/mol. The van der Waals surface area contributed by atoms with Crippen molar-refractivity contribution in [2.45, 2.75) is 25.8 Å². The molecule has 3 heteroatoms. The standard InChI is InChI=1S/C16H22N2O/c1-12(13(2)17-9-10-19-3)15-7-6-14-5-4-8-18-16(14)11-15/h4-8,11-13,17H,9-10H2,1-3H3. The van der Waals surface area contributed by atoms with E-state index in [4.69, 9.17) is 4.74 Å². The number of pyridine rings is 1. The van der Waals surface area contributed by atoms with Gasteiger partial charge < -0.3 is 10.1 Å². The van der Waals surface area contributed by atoms with Crippen molar-refractivity contribution in [3.8, 4) is 0 Å². The summed E-state index contributed by atoms with van der Waals surface area (Å²) in [5, 5.41) is 4.68. The van der Waals surface area contributed by atoms with Crippen molar-refractivity contribution in [2.24, 2.45) is 0 Å². The van der Waals surface area contributed by atoms with E-state index in [-0.39, 0.29) is 0 Å². The van der Waals surface area contributed by atoms with Gasteiger partial charge >= 0.3 is 0 Å². The molecule has 0 saturated carbocycles. The molecule has 19 heavy (non-hydrogen) atoms. The molecule has 1 aromatic carbocycles. The Bertz CT molecular complexity index is 527. The van der Waals surface area contributed by atoms with Crippen molar-refractivity contribution in [2.75, 3.05) is 20.3 Å². The van der Waals surface area contributed by atoms with E-state index in [1.165, 1.54) is 10.9 Å². The maximum atomic E-state index is 5.06. The Morgan fingerprint density at radius 3 is 2.89 bits per heavy atom. The number of fused-ring (bicyclic) bond motifs is 1. The van der Waals surface area contributed by atoms with E-state index < -0.39 is 0 Å². The molecule has 0 fully saturated rings. The van der Waals surface area contributed by atoms with Crippen molar-refractivity contribution in [3.63, 3.8) is 0 Å². The third kappa shape index (κ3) is 3.52. The first-order valence-corrected chi connectivity index (χ1v) is 6.79. The second-order valence-corrected chi connectivity index (χ2v) is 4.98. The van der Waals surface area contributed by atoms with Gasteiger partial charge in [0.1, 0.15) is 0 Å². The summed E-state index contributed by atoms with van der Waals surface area (Å²) in [5.41, 5.74) is 2.39. The fraction of sp³-hybridized carbons (Fsp3) is 0.438. The summed E-state index contributed by atoms with van der Waals surface area (Å²) in [6.45, 7) is 6.09. The van der Waals surface area contributed by atoms with Crippen LogP contribution in [0.25, 0.3) is 10.9 Å². The minimum atomic E-state index is 0.413. The Kier molecular flexibility index (Phi) is 4.88. The van der Waals surface area contributed by atoms with Crippen LogP contribution in [0.1, 0.15) is 25.3 Å². The molecule has 2 rings (SSSR count). The average molecular weight is 258 g/mol. The highest BCUT2D eigenvalue weighted by Gasteiger charge is 2.14. The molecule has 1 N–H and O–H groups in total. The lowest BCUT2D eigenvalue weighted by molar-refractivity contribution is 0.195. The van der Waals surface area contributed by atoms with Crippen LogP contribution in [0.5, 0.6) is 0 Å². The SMILES string of the molecule is COCCNC(C)C(C)c1ccc2cccnc2c1. The molecule has 102 valence electrons. The molecule has 0 bridgehead atoms. The van der Waals surface area contributed by atoms with Crippen LogP contribution in [0.3, 0.4) is 0 Å². The summed E-state index contributed by atoms with van der Waals surface area (Å²) >= 11 is 0. The van der Waals surface area contributed by atoms with Crippen molar-refractivity contribution in [1.29, 1.82) is 0 Å². The van der Waals surface area contributed by atoms with Gasteiger partial charge in [0.15, 0.2) is 0 Å². The molecule has 0 amide bonds. The van der Waals surface area contributed by atoms with Gasteiger partial charge in [0.2, 0.25) is 0 Å². The molecule has 0 radical (unpaired) electrons. The van der Waals surface area contributed by atoms with E-state index in [9.17, 15) is 0 Å². The van der Waals surface area contributed by atoms with Crippen LogP contribution in [-0.4, -0.2) is 31.3 Å². The third-order valence-corrected chi connectivity index (χ3v) is 3.68. The van der Waals surface area contributed by atoms with Gasteiger partial charge in [-0.25, -0.2) is 0 Å². The molecule has 1 heterocycles. The number of ether oxygens (including phenoxy) is 1. The Balaban J connectivity index is 2.09. The van der Waals surface area contributed by atoms with Crippen LogP contribution >= 0.6 is 0 Å². The van der Waals surface area contributed by atoms with Crippen LogP contribution in [0.15, 0.2) is 36.5 Å². The Morgan fingerprint density at radius 1 is 1.26 bits per heavy atom. The second kappa shape index (κ2) is 6.64. The fourth-order valence-corrected chi connectivity index (χ4v) is 2.22. The van der Waals surface area contributed by atoms with Crippen LogP contribution in [0.2, 0.25) is 0 Å². The van der Waals surface area contributed by atoms with E-state index in [1.807, 2.05) is 12.3 Å². The van der Waals surface area contributed by atoms with Gasteiger partial charge in [0, 0.05) is 31.3 Å². The van der Waals surface area contributed by atoms with Crippen LogP contribution in [0.4, 0.5) is 0 Å². The molecule has 0 spiro atoms. The monoisotopic (exact) mass is 258 g/mol. The second-order valence-electron chi connectivity index (χ2n) is 4.98. The molecule has 0 aliphatic heterocycles. The number of aromatic nitrogens is 1. The minimum Gasteiger partial charge on any atom is -0.383 e. The van der Waals surface area contributed by atoms with Gasteiger partial charge in [0.25, 0.3) is 0 Å². The first kappa shape index (κ1) is 14.0. The Morgan fingerprint density at radius 2 is 2.11 bits per heavy atom. The zero-order valence-corrected chi connectivity index (χ0v) is 11.9. The molecule has 1 aromatic heterocycles. The summed E-state index contributed by atoms with van der Waals surface area (Å²) in [4.78, 5) is 4.42. The Hall–Kier alpha value is -1.45. The summed E-state index contributed by atoms with van der Waals surface area (Å²) in [7, 11) is 1.73. The number of benzene rings is 1. The highest BCUT2D eigenvalue weighted by molar-refractivity contribution is 5.79. The van der Waals surface area contributed by atoms with Gasteiger partial charge in [-0.05, 0) is 30.5 Å². The zero-order chi connectivity index (χ0) is 13.7. The van der Waals surface area contributed by atoms with Gasteiger partial charge in [-0.15, -0.1) is 0 Å². The van der Waals surface area contributed by atoms with E-state index in [1.54, 1.807) is 7.11 Å². The molecule has 2 unspecified atom stereocenters. The van der Waals surface area contributed by atoms with Crippen molar-refractivity contribution < 1.29 is 4.74 Å². The first-order chi connectivity index (χ1) is 9.22. The first-order valence-electron chi connectivity index (χ1n) is 6.79. The smallest absolute Gasteiger partial charge is 0.0704 e. The number of hydrogen-bond acceptors (Lipinski definition) is 3. The number of nitrogens with one attached hydrogen (secondary N) is 1. The predicted octanol–water partition coefficient (Wildman–Crippen LogP) is 2.96. The van der Waals surface area contributed by atoms with E-state index >= 15 is 0 Å². The average Bonchev–Trinajstić information content (AvgIpc) is 2.46. The molecule has 2 aromatic rings. The number of hydrogen-bond donors (Lipinski definition) is 1. The van der Waals surface area contributed by atoms with Crippen molar-refractivity contribution >= 4 is 10.9 Å². The van der Waals surface area contributed by atoms with Gasteiger partial charge in [-0.2, -0.15) is 0 Å². The summed E-state index contributed by atoms with van der Waals surface area (Å²) in [6, 6.07) is 11.0. The Labute approximate surface area is 115 Å².